The van der Waals surface area contributed by atoms with Gasteiger partial charge in [0, 0.05) is 30.1 Å². The van der Waals surface area contributed by atoms with E-state index in [2.05, 4.69) is 22.4 Å². The highest BCUT2D eigenvalue weighted by atomic mass is 32.1. The molecule has 0 spiro atoms. The van der Waals surface area contributed by atoms with Crippen molar-refractivity contribution in [3.05, 3.63) is 58.6 Å². The van der Waals surface area contributed by atoms with Gasteiger partial charge in [-0.1, -0.05) is 36.5 Å². The Morgan fingerprint density at radius 3 is 2.90 bits per heavy atom. The molecule has 9 heteroatoms. The molecule has 2 amide bonds. The zero-order valence-corrected chi connectivity index (χ0v) is 17.6. The summed E-state index contributed by atoms with van der Waals surface area (Å²) in [5, 5.41) is 12.3. The molecule has 0 bridgehead atoms. The van der Waals surface area contributed by atoms with Crippen LogP contribution in [0, 0.1) is 0 Å². The summed E-state index contributed by atoms with van der Waals surface area (Å²) < 4.78 is 10.6. The van der Waals surface area contributed by atoms with E-state index < -0.39 is 0 Å². The molecular weight excluding hydrogens is 416 g/mol. The van der Waals surface area contributed by atoms with Crippen LogP contribution in [0.15, 0.2) is 42.5 Å². The van der Waals surface area contributed by atoms with Crippen LogP contribution in [0.3, 0.4) is 0 Å². The van der Waals surface area contributed by atoms with Gasteiger partial charge in [-0.15, -0.1) is 10.2 Å². The first-order chi connectivity index (χ1) is 15.1. The third-order valence-corrected chi connectivity index (χ3v) is 6.43. The van der Waals surface area contributed by atoms with Crippen LogP contribution < -0.4 is 19.7 Å². The largest absolute Gasteiger partial charge is 0.454 e. The molecule has 1 N–H and O–H groups in total. The zero-order chi connectivity index (χ0) is 21.4. The molecule has 0 radical (unpaired) electrons. The first-order valence-corrected chi connectivity index (χ1v) is 10.9. The highest BCUT2D eigenvalue weighted by Gasteiger charge is 2.34. The number of amides is 2. The molecule has 1 aromatic heterocycles. The van der Waals surface area contributed by atoms with E-state index in [1.807, 2.05) is 29.2 Å². The molecule has 2 aromatic carbocycles. The molecule has 2 aliphatic heterocycles. The Kier molecular flexibility index (Phi) is 5.03. The maximum atomic E-state index is 12.7. The van der Waals surface area contributed by atoms with Crippen LogP contribution >= 0.6 is 11.3 Å². The zero-order valence-electron chi connectivity index (χ0n) is 16.8. The van der Waals surface area contributed by atoms with E-state index in [0.717, 1.165) is 22.7 Å². The number of carbonyl (C=O) groups is 2. The maximum absolute atomic E-state index is 12.7. The van der Waals surface area contributed by atoms with Crippen molar-refractivity contribution in [1.82, 2.24) is 10.2 Å². The summed E-state index contributed by atoms with van der Waals surface area (Å²) in [4.78, 5) is 27.1. The fourth-order valence-electron chi connectivity index (χ4n) is 3.84. The van der Waals surface area contributed by atoms with Crippen molar-refractivity contribution in [1.29, 1.82) is 0 Å². The molecule has 0 unspecified atom stereocenters. The van der Waals surface area contributed by atoms with Crippen molar-refractivity contribution in [2.24, 2.45) is 0 Å². The van der Waals surface area contributed by atoms with E-state index in [1.165, 1.54) is 11.3 Å². The predicted molar refractivity (Wildman–Crippen MR) is 116 cm³/mol. The lowest BCUT2D eigenvalue weighted by Crippen LogP contribution is -2.25. The molecule has 0 saturated carbocycles. The molecule has 31 heavy (non-hydrogen) atoms. The van der Waals surface area contributed by atoms with Gasteiger partial charge in [0.05, 0.1) is 0 Å². The van der Waals surface area contributed by atoms with Crippen molar-refractivity contribution >= 4 is 34.0 Å². The molecule has 0 aliphatic carbocycles. The number of benzene rings is 2. The lowest BCUT2D eigenvalue weighted by Gasteiger charge is -2.19. The van der Waals surface area contributed by atoms with Crippen molar-refractivity contribution in [3.63, 3.8) is 0 Å². The Morgan fingerprint density at radius 2 is 2.03 bits per heavy atom. The lowest BCUT2D eigenvalue weighted by atomic mass is 10.1. The Bertz CT molecular complexity index is 1160. The van der Waals surface area contributed by atoms with Crippen LogP contribution in [-0.4, -0.2) is 35.3 Å². The first-order valence-electron chi connectivity index (χ1n) is 10.0. The number of ether oxygens (including phenoxy) is 2. The smallest absolute Gasteiger partial charge is 0.257 e. The van der Waals surface area contributed by atoms with Crippen LogP contribution in [0.1, 0.15) is 40.2 Å². The number of rotatable bonds is 5. The number of hydrogen-bond donors (Lipinski definition) is 1. The number of aromatic nitrogens is 2. The van der Waals surface area contributed by atoms with Gasteiger partial charge in [0.1, 0.15) is 5.01 Å². The molecule has 1 atom stereocenters. The summed E-state index contributed by atoms with van der Waals surface area (Å²) in [5.41, 5.74) is 2.54. The molecule has 3 heterocycles. The third kappa shape index (κ3) is 3.72. The second-order valence-corrected chi connectivity index (χ2v) is 8.36. The minimum absolute atomic E-state index is 0.0499. The number of fused-ring (bicyclic) bond motifs is 1. The van der Waals surface area contributed by atoms with Gasteiger partial charge in [-0.2, -0.15) is 0 Å². The molecule has 1 fully saturated rings. The molecule has 3 aromatic rings. The van der Waals surface area contributed by atoms with Crippen LogP contribution in [0.25, 0.3) is 0 Å². The average molecular weight is 436 g/mol. The van der Waals surface area contributed by atoms with Crippen molar-refractivity contribution in [3.8, 4) is 11.5 Å². The van der Waals surface area contributed by atoms with E-state index >= 15 is 0 Å². The van der Waals surface area contributed by atoms with E-state index in [9.17, 15) is 9.59 Å². The summed E-state index contributed by atoms with van der Waals surface area (Å²) in [6, 6.07) is 13.0. The van der Waals surface area contributed by atoms with Crippen molar-refractivity contribution in [2.45, 2.75) is 25.7 Å². The standard InChI is InChI=1S/C22H20N4O4S/c1-2-13-5-3-4-6-16(13)26-11-15(10-19(26)27)21-24-25-22(31-21)23-20(28)14-7-8-17-18(9-14)30-12-29-17/h3-9,15H,2,10-12H2,1H3,(H,23,25,28)/t15-/m1/s1. The number of nitrogens with zero attached hydrogens (tertiary/aromatic N) is 3. The number of hydrogen-bond acceptors (Lipinski definition) is 7. The van der Waals surface area contributed by atoms with E-state index in [0.29, 0.717) is 35.2 Å². The number of carbonyl (C=O) groups excluding carboxylic acids is 2. The molecule has 1 saturated heterocycles. The normalized spacial score (nSPS) is 17.3. The van der Waals surface area contributed by atoms with Gasteiger partial charge in [0.15, 0.2) is 11.5 Å². The summed E-state index contributed by atoms with van der Waals surface area (Å²) >= 11 is 1.30. The van der Waals surface area contributed by atoms with Crippen molar-refractivity contribution in [2.75, 3.05) is 23.6 Å². The summed E-state index contributed by atoms with van der Waals surface area (Å²) in [5.74, 6) is 0.887. The second-order valence-electron chi connectivity index (χ2n) is 7.36. The second kappa shape index (κ2) is 7.99. The Morgan fingerprint density at radius 1 is 1.19 bits per heavy atom. The van der Waals surface area contributed by atoms with Gasteiger partial charge in [-0.25, -0.2) is 0 Å². The SMILES string of the molecule is CCc1ccccc1N1C[C@H](c2nnc(NC(=O)c3ccc4c(c3)OCO4)s2)CC1=O. The van der Waals surface area contributed by atoms with Crippen LogP contribution in [0.5, 0.6) is 11.5 Å². The van der Waals surface area contributed by atoms with Gasteiger partial charge in [0.25, 0.3) is 5.91 Å². The minimum Gasteiger partial charge on any atom is -0.454 e. The van der Waals surface area contributed by atoms with Gasteiger partial charge < -0.3 is 14.4 Å². The highest BCUT2D eigenvalue weighted by molar-refractivity contribution is 7.15. The molecule has 2 aliphatic rings. The van der Waals surface area contributed by atoms with E-state index in [4.69, 9.17) is 9.47 Å². The summed E-state index contributed by atoms with van der Waals surface area (Å²) in [6.45, 7) is 2.79. The molecule has 5 rings (SSSR count). The number of aryl methyl sites for hydroxylation is 1. The Balaban J connectivity index is 1.28. The van der Waals surface area contributed by atoms with Crippen molar-refractivity contribution < 1.29 is 19.1 Å². The van der Waals surface area contributed by atoms with Gasteiger partial charge in [0.2, 0.25) is 17.8 Å². The maximum Gasteiger partial charge on any atom is 0.257 e. The topological polar surface area (TPSA) is 93.7 Å². The molecular formula is C22H20N4O4S. The summed E-state index contributed by atoms with van der Waals surface area (Å²) in [7, 11) is 0. The average Bonchev–Trinajstić information content (AvgIpc) is 3.52. The first kappa shape index (κ1) is 19.5. The lowest BCUT2D eigenvalue weighted by molar-refractivity contribution is -0.117. The van der Waals surface area contributed by atoms with E-state index in [1.54, 1.807) is 18.2 Å². The molecule has 8 nitrogen and oxygen atoms in total. The van der Waals surface area contributed by atoms with Crippen LogP contribution in [-0.2, 0) is 11.2 Å². The van der Waals surface area contributed by atoms with Crippen LogP contribution in [0.4, 0.5) is 10.8 Å². The fourth-order valence-corrected chi connectivity index (χ4v) is 4.67. The third-order valence-electron chi connectivity index (χ3n) is 5.43. The quantitative estimate of drug-likeness (QED) is 0.657. The molecule has 158 valence electrons. The number of para-hydroxylation sites is 1. The van der Waals surface area contributed by atoms with Crippen LogP contribution in [0.2, 0.25) is 0 Å². The predicted octanol–water partition coefficient (Wildman–Crippen LogP) is 3.60. The van der Waals surface area contributed by atoms with E-state index in [-0.39, 0.29) is 24.5 Å². The Hall–Kier alpha value is -3.46. The fraction of sp³-hybridized carbons (Fsp3) is 0.273. The Labute approximate surface area is 182 Å². The van der Waals surface area contributed by atoms with Gasteiger partial charge in [-0.3, -0.25) is 14.9 Å². The van der Waals surface area contributed by atoms with Gasteiger partial charge in [-0.05, 0) is 36.2 Å². The van der Waals surface area contributed by atoms with Gasteiger partial charge >= 0.3 is 0 Å². The number of nitrogens with one attached hydrogen (secondary N) is 1. The number of anilines is 2. The minimum atomic E-state index is -0.304. The highest BCUT2D eigenvalue weighted by Crippen LogP contribution is 2.36. The summed E-state index contributed by atoms with van der Waals surface area (Å²) in [6.07, 6.45) is 1.24. The monoisotopic (exact) mass is 436 g/mol.